The van der Waals surface area contributed by atoms with Crippen molar-refractivity contribution < 1.29 is 19.5 Å². The molecule has 0 aromatic carbocycles. The Labute approximate surface area is 81.7 Å². The molecular weight excluding hydrogens is 188 g/mol. The number of nitrogens with one attached hydrogen (secondary N) is 2. The maximum Gasteiger partial charge on any atom is 0.305 e. The van der Waals surface area contributed by atoms with Gasteiger partial charge >= 0.3 is 5.97 Å². The fourth-order valence-corrected chi connectivity index (χ4v) is 0.816. The van der Waals surface area contributed by atoms with Crippen LogP contribution >= 0.6 is 0 Å². The number of amides is 2. The van der Waals surface area contributed by atoms with Gasteiger partial charge in [0.25, 0.3) is 0 Å². The SMILES string of the molecule is CC(=O)NC(C)C(=O)NCCC(=O)O. The molecule has 6 nitrogen and oxygen atoms in total. The summed E-state index contributed by atoms with van der Waals surface area (Å²) < 4.78 is 0. The number of hydrogen-bond donors (Lipinski definition) is 3. The normalized spacial score (nSPS) is 11.6. The average Bonchev–Trinajstić information content (AvgIpc) is 2.01. The molecule has 0 saturated carbocycles. The van der Waals surface area contributed by atoms with Crippen LogP contribution in [0.15, 0.2) is 0 Å². The Kier molecular flexibility index (Phi) is 5.28. The third-order valence-electron chi connectivity index (χ3n) is 1.45. The van der Waals surface area contributed by atoms with Crippen LogP contribution in [0.4, 0.5) is 0 Å². The van der Waals surface area contributed by atoms with Gasteiger partial charge in [-0.15, -0.1) is 0 Å². The van der Waals surface area contributed by atoms with Gasteiger partial charge in [0.15, 0.2) is 0 Å². The first-order chi connectivity index (χ1) is 6.43. The Morgan fingerprint density at radius 2 is 1.93 bits per heavy atom. The van der Waals surface area contributed by atoms with E-state index in [1.807, 2.05) is 0 Å². The first-order valence-corrected chi connectivity index (χ1v) is 4.20. The van der Waals surface area contributed by atoms with Crippen molar-refractivity contribution >= 4 is 17.8 Å². The molecule has 0 bridgehead atoms. The second-order valence-corrected chi connectivity index (χ2v) is 2.86. The molecule has 0 heterocycles. The van der Waals surface area contributed by atoms with Gasteiger partial charge in [0.05, 0.1) is 6.42 Å². The number of carboxylic acid groups (broad SMARTS) is 1. The molecule has 0 fully saturated rings. The molecule has 0 aliphatic carbocycles. The van der Waals surface area contributed by atoms with Crippen LogP contribution in [0, 0.1) is 0 Å². The Bertz CT molecular complexity index is 239. The molecule has 0 saturated heterocycles. The van der Waals surface area contributed by atoms with Gasteiger partial charge in [-0.25, -0.2) is 0 Å². The number of rotatable bonds is 5. The molecule has 14 heavy (non-hydrogen) atoms. The highest BCUT2D eigenvalue weighted by atomic mass is 16.4. The monoisotopic (exact) mass is 202 g/mol. The summed E-state index contributed by atoms with van der Waals surface area (Å²) >= 11 is 0. The highest BCUT2D eigenvalue weighted by Gasteiger charge is 2.12. The van der Waals surface area contributed by atoms with E-state index in [0.29, 0.717) is 0 Å². The maximum atomic E-state index is 11.1. The van der Waals surface area contributed by atoms with Crippen molar-refractivity contribution in [3.8, 4) is 0 Å². The lowest BCUT2D eigenvalue weighted by atomic mass is 10.3. The molecule has 0 aliphatic rings. The van der Waals surface area contributed by atoms with Crippen molar-refractivity contribution in [3.63, 3.8) is 0 Å². The lowest BCUT2D eigenvalue weighted by Crippen LogP contribution is -2.44. The maximum absolute atomic E-state index is 11.1. The quantitative estimate of drug-likeness (QED) is 0.538. The third-order valence-corrected chi connectivity index (χ3v) is 1.45. The standard InChI is InChI=1S/C8H14N2O4/c1-5(10-6(2)11)8(14)9-4-3-7(12)13/h5H,3-4H2,1-2H3,(H,9,14)(H,10,11)(H,12,13). The minimum atomic E-state index is -0.975. The molecule has 0 spiro atoms. The zero-order chi connectivity index (χ0) is 11.1. The highest BCUT2D eigenvalue weighted by molar-refractivity contribution is 5.86. The number of hydrogen-bond acceptors (Lipinski definition) is 3. The van der Waals surface area contributed by atoms with Gasteiger partial charge in [-0.2, -0.15) is 0 Å². The molecule has 1 unspecified atom stereocenters. The van der Waals surface area contributed by atoms with Gasteiger partial charge in [-0.1, -0.05) is 0 Å². The molecule has 3 N–H and O–H groups in total. The van der Waals surface area contributed by atoms with Crippen LogP contribution in [0.5, 0.6) is 0 Å². The van der Waals surface area contributed by atoms with E-state index in [2.05, 4.69) is 10.6 Å². The summed E-state index contributed by atoms with van der Waals surface area (Å²) in [6.07, 6.45) is -0.126. The van der Waals surface area contributed by atoms with E-state index in [9.17, 15) is 14.4 Å². The average molecular weight is 202 g/mol. The molecular formula is C8H14N2O4. The van der Waals surface area contributed by atoms with Crippen LogP contribution < -0.4 is 10.6 Å². The van der Waals surface area contributed by atoms with Crippen LogP contribution in [0.1, 0.15) is 20.3 Å². The molecule has 80 valence electrons. The number of aliphatic carboxylic acids is 1. The van der Waals surface area contributed by atoms with Gasteiger partial charge in [0, 0.05) is 13.5 Å². The second-order valence-electron chi connectivity index (χ2n) is 2.86. The van der Waals surface area contributed by atoms with E-state index in [1.54, 1.807) is 0 Å². The van der Waals surface area contributed by atoms with Crippen LogP contribution in [0.25, 0.3) is 0 Å². The molecule has 0 aromatic heterocycles. The van der Waals surface area contributed by atoms with E-state index >= 15 is 0 Å². The van der Waals surface area contributed by atoms with Crippen LogP contribution in [-0.2, 0) is 14.4 Å². The van der Waals surface area contributed by atoms with E-state index in [0.717, 1.165) is 0 Å². The van der Waals surface area contributed by atoms with Crippen LogP contribution in [0.3, 0.4) is 0 Å². The Morgan fingerprint density at radius 3 is 2.36 bits per heavy atom. The topological polar surface area (TPSA) is 95.5 Å². The summed E-state index contributed by atoms with van der Waals surface area (Å²) in [7, 11) is 0. The summed E-state index contributed by atoms with van der Waals surface area (Å²) in [5.41, 5.74) is 0. The Morgan fingerprint density at radius 1 is 1.36 bits per heavy atom. The summed E-state index contributed by atoms with van der Waals surface area (Å²) in [4.78, 5) is 31.8. The lowest BCUT2D eigenvalue weighted by Gasteiger charge is -2.11. The van der Waals surface area contributed by atoms with Gasteiger partial charge in [0.2, 0.25) is 11.8 Å². The van der Waals surface area contributed by atoms with Gasteiger partial charge in [-0.05, 0) is 6.92 Å². The van der Waals surface area contributed by atoms with E-state index in [1.165, 1.54) is 13.8 Å². The zero-order valence-corrected chi connectivity index (χ0v) is 8.16. The Hall–Kier alpha value is -1.59. The van der Waals surface area contributed by atoms with Gasteiger partial charge < -0.3 is 15.7 Å². The summed E-state index contributed by atoms with van der Waals surface area (Å²) in [6.45, 7) is 2.90. The summed E-state index contributed by atoms with van der Waals surface area (Å²) in [5.74, 6) is -1.66. The number of carbonyl (C=O) groups is 3. The zero-order valence-electron chi connectivity index (χ0n) is 8.16. The predicted octanol–water partition coefficient (Wildman–Crippen LogP) is -0.898. The van der Waals surface area contributed by atoms with E-state index in [-0.39, 0.29) is 24.8 Å². The van der Waals surface area contributed by atoms with Crippen molar-refractivity contribution in [3.05, 3.63) is 0 Å². The second kappa shape index (κ2) is 5.95. The molecule has 0 rings (SSSR count). The van der Waals surface area contributed by atoms with Crippen molar-refractivity contribution in [2.45, 2.75) is 26.3 Å². The van der Waals surface area contributed by atoms with Crippen LogP contribution in [-0.4, -0.2) is 35.5 Å². The van der Waals surface area contributed by atoms with Crippen molar-refractivity contribution in [2.24, 2.45) is 0 Å². The van der Waals surface area contributed by atoms with Crippen molar-refractivity contribution in [1.82, 2.24) is 10.6 Å². The van der Waals surface area contributed by atoms with Gasteiger partial charge in [-0.3, -0.25) is 14.4 Å². The molecule has 0 aliphatic heterocycles. The van der Waals surface area contributed by atoms with Gasteiger partial charge in [0.1, 0.15) is 6.04 Å². The van der Waals surface area contributed by atoms with Crippen molar-refractivity contribution in [2.75, 3.05) is 6.54 Å². The number of carbonyl (C=O) groups excluding carboxylic acids is 2. The van der Waals surface area contributed by atoms with Crippen molar-refractivity contribution in [1.29, 1.82) is 0 Å². The molecule has 6 heteroatoms. The summed E-state index contributed by atoms with van der Waals surface area (Å²) in [6, 6.07) is -0.638. The first-order valence-electron chi connectivity index (χ1n) is 4.20. The lowest BCUT2D eigenvalue weighted by molar-refractivity contribution is -0.137. The highest BCUT2D eigenvalue weighted by Crippen LogP contribution is 1.83. The minimum absolute atomic E-state index is 0.0676. The fourth-order valence-electron chi connectivity index (χ4n) is 0.816. The summed E-state index contributed by atoms with van der Waals surface area (Å²) in [5, 5.41) is 13.1. The number of carboxylic acids is 1. The van der Waals surface area contributed by atoms with Crippen LogP contribution in [0.2, 0.25) is 0 Å². The minimum Gasteiger partial charge on any atom is -0.481 e. The first kappa shape index (κ1) is 12.4. The van der Waals surface area contributed by atoms with E-state index in [4.69, 9.17) is 5.11 Å². The molecule has 0 radical (unpaired) electrons. The molecule has 1 atom stereocenters. The predicted molar refractivity (Wildman–Crippen MR) is 48.5 cm³/mol. The molecule has 2 amide bonds. The molecule has 0 aromatic rings. The van der Waals surface area contributed by atoms with E-state index < -0.39 is 12.0 Å². The largest absolute Gasteiger partial charge is 0.481 e. The third kappa shape index (κ3) is 5.99. The Balaban J connectivity index is 3.73. The fraction of sp³-hybridized carbons (Fsp3) is 0.625. The smallest absolute Gasteiger partial charge is 0.305 e.